The molecule has 106 valence electrons. The van der Waals surface area contributed by atoms with E-state index in [1.165, 1.54) is 15.7 Å². The zero-order chi connectivity index (χ0) is 13.8. The van der Waals surface area contributed by atoms with Crippen molar-refractivity contribution < 1.29 is 4.74 Å². The van der Waals surface area contributed by atoms with Crippen molar-refractivity contribution in [3.8, 4) is 0 Å². The van der Waals surface area contributed by atoms with E-state index in [2.05, 4.69) is 65.1 Å². The molecule has 0 aromatic heterocycles. The van der Waals surface area contributed by atoms with Gasteiger partial charge in [-0.05, 0) is 54.0 Å². The van der Waals surface area contributed by atoms with Crippen LogP contribution in [0.4, 0.5) is 5.69 Å². The maximum absolute atomic E-state index is 5.50. The van der Waals surface area contributed by atoms with Crippen molar-refractivity contribution in [1.29, 1.82) is 0 Å². The Morgan fingerprint density at radius 2 is 2.32 bits per heavy atom. The summed E-state index contributed by atoms with van der Waals surface area (Å²) in [6, 6.07) is 7.48. The van der Waals surface area contributed by atoms with Gasteiger partial charge < -0.3 is 15.0 Å². The number of rotatable bonds is 4. The lowest BCUT2D eigenvalue weighted by atomic mass is 10.1. The molecule has 1 aromatic carbocycles. The highest BCUT2D eigenvalue weighted by Gasteiger charge is 2.21. The topological polar surface area (TPSA) is 24.5 Å². The molecule has 1 N–H and O–H groups in total. The first-order chi connectivity index (χ1) is 9.13. The van der Waals surface area contributed by atoms with E-state index >= 15 is 0 Å². The Kier molecular flexibility index (Phi) is 5.25. The van der Waals surface area contributed by atoms with Crippen molar-refractivity contribution in [3.63, 3.8) is 0 Å². The average molecular weight is 327 g/mol. The van der Waals surface area contributed by atoms with Gasteiger partial charge in [0, 0.05) is 23.1 Å². The summed E-state index contributed by atoms with van der Waals surface area (Å²) in [4.78, 5) is 2.41. The molecule has 0 spiro atoms. The van der Waals surface area contributed by atoms with E-state index < -0.39 is 0 Å². The molecule has 1 aromatic rings. The quantitative estimate of drug-likeness (QED) is 0.918. The fourth-order valence-electron chi connectivity index (χ4n) is 2.53. The van der Waals surface area contributed by atoms with E-state index in [-0.39, 0.29) is 0 Å². The number of morpholine rings is 1. The van der Waals surface area contributed by atoms with Crippen LogP contribution in [0.25, 0.3) is 0 Å². The van der Waals surface area contributed by atoms with Crippen LogP contribution in [0.1, 0.15) is 32.4 Å². The lowest BCUT2D eigenvalue weighted by Gasteiger charge is -2.36. The maximum Gasteiger partial charge on any atom is 0.0668 e. The molecule has 19 heavy (non-hydrogen) atoms. The number of halogens is 1. The summed E-state index contributed by atoms with van der Waals surface area (Å²) in [5.41, 5.74) is 2.58. The van der Waals surface area contributed by atoms with Gasteiger partial charge in [0.2, 0.25) is 0 Å². The third kappa shape index (κ3) is 3.50. The summed E-state index contributed by atoms with van der Waals surface area (Å²) in [6.07, 6.45) is 0. The van der Waals surface area contributed by atoms with Crippen LogP contribution in [-0.2, 0) is 4.74 Å². The molecule has 1 fully saturated rings. The van der Waals surface area contributed by atoms with Crippen LogP contribution in [0, 0.1) is 0 Å². The number of anilines is 1. The molecule has 2 unspecified atom stereocenters. The Morgan fingerprint density at radius 3 is 2.95 bits per heavy atom. The van der Waals surface area contributed by atoms with Gasteiger partial charge in [0.25, 0.3) is 0 Å². The van der Waals surface area contributed by atoms with Crippen LogP contribution in [-0.4, -0.2) is 32.3 Å². The minimum Gasteiger partial charge on any atom is -0.377 e. The molecule has 1 aliphatic rings. The molecule has 0 bridgehead atoms. The molecule has 0 amide bonds. The number of nitrogens with zero attached hydrogens (tertiary/aromatic N) is 1. The van der Waals surface area contributed by atoms with Crippen molar-refractivity contribution in [3.05, 3.63) is 28.2 Å². The van der Waals surface area contributed by atoms with Crippen LogP contribution >= 0.6 is 15.9 Å². The molecular weight excluding hydrogens is 304 g/mol. The van der Waals surface area contributed by atoms with Crippen molar-refractivity contribution >= 4 is 21.6 Å². The first-order valence-electron chi connectivity index (χ1n) is 7.00. The molecule has 1 heterocycles. The van der Waals surface area contributed by atoms with Gasteiger partial charge in [-0.3, -0.25) is 0 Å². The van der Waals surface area contributed by atoms with E-state index in [4.69, 9.17) is 4.74 Å². The minimum atomic E-state index is 0.387. The molecule has 3 nitrogen and oxygen atoms in total. The zero-order valence-corrected chi connectivity index (χ0v) is 13.5. The number of benzene rings is 1. The molecule has 1 saturated heterocycles. The van der Waals surface area contributed by atoms with Gasteiger partial charge in [-0.15, -0.1) is 0 Å². The van der Waals surface area contributed by atoms with Gasteiger partial charge in [0.1, 0.15) is 0 Å². The van der Waals surface area contributed by atoms with Gasteiger partial charge in [-0.1, -0.05) is 13.0 Å². The highest BCUT2D eigenvalue weighted by atomic mass is 79.9. The van der Waals surface area contributed by atoms with Crippen LogP contribution in [0.3, 0.4) is 0 Å². The van der Waals surface area contributed by atoms with E-state index in [0.717, 1.165) is 26.3 Å². The summed E-state index contributed by atoms with van der Waals surface area (Å²) in [6.45, 7) is 10.1. The fraction of sp³-hybridized carbons (Fsp3) is 0.600. The summed E-state index contributed by atoms with van der Waals surface area (Å²) in [7, 11) is 0. The van der Waals surface area contributed by atoms with Crippen molar-refractivity contribution in [2.24, 2.45) is 0 Å². The summed E-state index contributed by atoms with van der Waals surface area (Å²) in [5, 5.41) is 3.44. The number of hydrogen-bond acceptors (Lipinski definition) is 3. The highest BCUT2D eigenvalue weighted by Crippen LogP contribution is 2.31. The van der Waals surface area contributed by atoms with Gasteiger partial charge in [-0.25, -0.2) is 0 Å². The molecule has 2 rings (SSSR count). The normalized spacial score (nSPS) is 21.5. The molecule has 0 radical (unpaired) electrons. The Morgan fingerprint density at radius 1 is 1.53 bits per heavy atom. The predicted molar refractivity (Wildman–Crippen MR) is 83.9 cm³/mol. The minimum absolute atomic E-state index is 0.387. The molecule has 4 heteroatoms. The first-order valence-corrected chi connectivity index (χ1v) is 7.80. The zero-order valence-electron chi connectivity index (χ0n) is 11.9. The Balaban J connectivity index is 2.18. The molecular formula is C15H23BrN2O. The second-order valence-electron chi connectivity index (χ2n) is 5.11. The smallest absolute Gasteiger partial charge is 0.0668 e. The first kappa shape index (κ1) is 14.8. The average Bonchev–Trinajstić information content (AvgIpc) is 2.40. The fourth-order valence-corrected chi connectivity index (χ4v) is 3.16. The standard InChI is InChI=1S/C15H23BrN2O/c1-4-17-12(3)13-5-6-15(14(16)9-13)18-7-8-19-10-11(18)2/h5-6,9,11-12,17H,4,7-8,10H2,1-3H3. The van der Waals surface area contributed by atoms with E-state index in [1.807, 2.05) is 0 Å². The lowest BCUT2D eigenvalue weighted by molar-refractivity contribution is 0.0989. The van der Waals surface area contributed by atoms with Crippen LogP contribution in [0.2, 0.25) is 0 Å². The molecule has 2 atom stereocenters. The van der Waals surface area contributed by atoms with E-state index in [1.54, 1.807) is 0 Å². The van der Waals surface area contributed by atoms with Gasteiger partial charge in [-0.2, -0.15) is 0 Å². The van der Waals surface area contributed by atoms with Crippen molar-refractivity contribution in [2.75, 3.05) is 31.2 Å². The summed E-state index contributed by atoms with van der Waals surface area (Å²) >= 11 is 3.72. The number of ether oxygens (including phenoxy) is 1. The third-order valence-electron chi connectivity index (χ3n) is 3.66. The highest BCUT2D eigenvalue weighted by molar-refractivity contribution is 9.10. The van der Waals surface area contributed by atoms with E-state index in [0.29, 0.717) is 12.1 Å². The Bertz CT molecular complexity index is 425. The predicted octanol–water partition coefficient (Wildman–Crippen LogP) is 3.34. The van der Waals surface area contributed by atoms with Crippen LogP contribution in [0.15, 0.2) is 22.7 Å². The lowest BCUT2D eigenvalue weighted by Crippen LogP contribution is -2.43. The molecule has 1 aliphatic heterocycles. The SMILES string of the molecule is CCNC(C)c1ccc(N2CCOCC2C)c(Br)c1. The van der Waals surface area contributed by atoms with Gasteiger partial charge >= 0.3 is 0 Å². The third-order valence-corrected chi connectivity index (χ3v) is 4.29. The van der Waals surface area contributed by atoms with E-state index in [9.17, 15) is 0 Å². The molecule has 0 aliphatic carbocycles. The van der Waals surface area contributed by atoms with Crippen LogP contribution < -0.4 is 10.2 Å². The molecule has 0 saturated carbocycles. The second kappa shape index (κ2) is 6.73. The Labute approximate surface area is 124 Å². The van der Waals surface area contributed by atoms with Crippen LogP contribution in [0.5, 0.6) is 0 Å². The second-order valence-corrected chi connectivity index (χ2v) is 5.96. The van der Waals surface area contributed by atoms with Crippen molar-refractivity contribution in [1.82, 2.24) is 5.32 Å². The summed E-state index contributed by atoms with van der Waals surface area (Å²) in [5.74, 6) is 0. The number of hydrogen-bond donors (Lipinski definition) is 1. The number of nitrogens with one attached hydrogen (secondary N) is 1. The van der Waals surface area contributed by atoms with Crippen molar-refractivity contribution in [2.45, 2.75) is 32.9 Å². The largest absolute Gasteiger partial charge is 0.377 e. The monoisotopic (exact) mass is 326 g/mol. The maximum atomic E-state index is 5.50. The van der Waals surface area contributed by atoms with Gasteiger partial charge in [0.15, 0.2) is 0 Å². The van der Waals surface area contributed by atoms with Gasteiger partial charge in [0.05, 0.1) is 18.9 Å². The summed E-state index contributed by atoms with van der Waals surface area (Å²) < 4.78 is 6.67. The Hall–Kier alpha value is -0.580.